The van der Waals surface area contributed by atoms with E-state index in [0.717, 1.165) is 0 Å². The number of amides is 1. The molecule has 100 valence electrons. The van der Waals surface area contributed by atoms with E-state index in [2.05, 4.69) is 10.6 Å². The van der Waals surface area contributed by atoms with Crippen LogP contribution in [0.4, 0.5) is 13.6 Å². The molecule has 4 nitrogen and oxygen atoms in total. The zero-order valence-corrected chi connectivity index (χ0v) is 10.5. The molecular weight excluding hydrogens is 230 g/mol. The van der Waals surface area contributed by atoms with Gasteiger partial charge in [0.25, 0.3) is 5.92 Å². The first-order valence-electron chi connectivity index (χ1n) is 5.76. The van der Waals surface area contributed by atoms with Crippen LogP contribution in [0.3, 0.4) is 0 Å². The summed E-state index contributed by atoms with van der Waals surface area (Å²) in [5.74, 6) is -3.59. The highest BCUT2D eigenvalue weighted by atomic mass is 19.3. The quantitative estimate of drug-likeness (QED) is 0.785. The predicted octanol–water partition coefficient (Wildman–Crippen LogP) is 1.76. The highest BCUT2D eigenvalue weighted by molar-refractivity contribution is 5.67. The van der Waals surface area contributed by atoms with Crippen molar-refractivity contribution in [1.29, 1.82) is 0 Å². The van der Waals surface area contributed by atoms with E-state index < -0.39 is 23.5 Å². The molecule has 0 aromatic carbocycles. The topological polar surface area (TPSA) is 50.4 Å². The molecule has 0 saturated carbocycles. The highest BCUT2D eigenvalue weighted by Gasteiger charge is 2.41. The van der Waals surface area contributed by atoms with Gasteiger partial charge >= 0.3 is 6.09 Å². The number of halogens is 2. The number of hydrogen-bond acceptors (Lipinski definition) is 3. The first-order valence-corrected chi connectivity index (χ1v) is 5.76. The van der Waals surface area contributed by atoms with E-state index in [1.165, 1.54) is 0 Å². The second-order valence-electron chi connectivity index (χ2n) is 5.29. The lowest BCUT2D eigenvalue weighted by molar-refractivity contribution is -0.0768. The van der Waals surface area contributed by atoms with E-state index in [1.807, 2.05) is 0 Å². The Morgan fingerprint density at radius 1 is 1.53 bits per heavy atom. The average molecular weight is 250 g/mol. The molecule has 6 heteroatoms. The van der Waals surface area contributed by atoms with Gasteiger partial charge in [-0.25, -0.2) is 13.6 Å². The van der Waals surface area contributed by atoms with Gasteiger partial charge in [0.05, 0.1) is 5.92 Å². The van der Waals surface area contributed by atoms with E-state index in [-0.39, 0.29) is 19.5 Å². The summed E-state index contributed by atoms with van der Waals surface area (Å²) in [6.45, 7) is 5.63. The number of hydrogen-bond donors (Lipinski definition) is 2. The fourth-order valence-electron chi connectivity index (χ4n) is 1.63. The SMILES string of the molecule is CC(C)(C)OC(=O)NC[C@@H]1CNCCC1(F)F. The van der Waals surface area contributed by atoms with Crippen LogP contribution in [0.2, 0.25) is 0 Å². The normalized spacial score (nSPS) is 24.2. The third-order valence-electron chi connectivity index (χ3n) is 2.51. The van der Waals surface area contributed by atoms with Gasteiger partial charge < -0.3 is 15.4 Å². The minimum absolute atomic E-state index is 0.0745. The van der Waals surface area contributed by atoms with E-state index in [9.17, 15) is 13.6 Å². The maximum absolute atomic E-state index is 13.4. The lowest BCUT2D eigenvalue weighted by Crippen LogP contribution is -2.50. The van der Waals surface area contributed by atoms with Crippen LogP contribution in [-0.4, -0.2) is 37.3 Å². The lowest BCUT2D eigenvalue weighted by atomic mass is 9.95. The Balaban J connectivity index is 2.37. The molecule has 2 N–H and O–H groups in total. The molecule has 1 fully saturated rings. The molecule has 0 aromatic rings. The zero-order chi connectivity index (χ0) is 13.1. The summed E-state index contributed by atoms with van der Waals surface area (Å²) in [5.41, 5.74) is -0.614. The van der Waals surface area contributed by atoms with E-state index in [0.29, 0.717) is 6.54 Å². The van der Waals surface area contributed by atoms with Crippen LogP contribution < -0.4 is 10.6 Å². The Kier molecular flexibility index (Phi) is 4.30. The molecule has 1 aliphatic rings. The minimum Gasteiger partial charge on any atom is -0.444 e. The van der Waals surface area contributed by atoms with Crippen LogP contribution in [0.1, 0.15) is 27.2 Å². The molecule has 1 amide bonds. The molecule has 1 rings (SSSR count). The zero-order valence-electron chi connectivity index (χ0n) is 10.5. The molecule has 0 spiro atoms. The number of carbonyl (C=O) groups excluding carboxylic acids is 1. The molecule has 0 aromatic heterocycles. The number of piperidine rings is 1. The molecule has 1 heterocycles. The number of alkyl halides is 2. The summed E-state index contributed by atoms with van der Waals surface area (Å²) in [4.78, 5) is 11.3. The van der Waals surface area contributed by atoms with Gasteiger partial charge in [-0.15, -0.1) is 0 Å². The highest BCUT2D eigenvalue weighted by Crippen LogP contribution is 2.29. The Hall–Kier alpha value is -0.910. The molecule has 17 heavy (non-hydrogen) atoms. The molecule has 1 aliphatic heterocycles. The Labute approximate surface area is 100 Å². The van der Waals surface area contributed by atoms with Crippen molar-refractivity contribution in [3.8, 4) is 0 Å². The molecule has 0 aliphatic carbocycles. The Bertz CT molecular complexity index is 277. The first kappa shape index (κ1) is 14.2. The van der Waals surface area contributed by atoms with Crippen LogP contribution in [0, 0.1) is 5.92 Å². The maximum Gasteiger partial charge on any atom is 0.407 e. The largest absolute Gasteiger partial charge is 0.444 e. The van der Waals surface area contributed by atoms with Gasteiger partial charge in [-0.2, -0.15) is 0 Å². The van der Waals surface area contributed by atoms with E-state index in [1.54, 1.807) is 20.8 Å². The van der Waals surface area contributed by atoms with Crippen LogP contribution in [0.25, 0.3) is 0 Å². The van der Waals surface area contributed by atoms with Crippen molar-refractivity contribution >= 4 is 6.09 Å². The number of carbonyl (C=O) groups is 1. The van der Waals surface area contributed by atoms with Crippen molar-refractivity contribution in [1.82, 2.24) is 10.6 Å². The van der Waals surface area contributed by atoms with Crippen molar-refractivity contribution in [3.05, 3.63) is 0 Å². The molecule has 1 atom stereocenters. The van der Waals surface area contributed by atoms with Crippen molar-refractivity contribution in [3.63, 3.8) is 0 Å². The smallest absolute Gasteiger partial charge is 0.407 e. The molecule has 0 unspecified atom stereocenters. The van der Waals surface area contributed by atoms with Crippen molar-refractivity contribution in [2.24, 2.45) is 5.92 Å². The van der Waals surface area contributed by atoms with Gasteiger partial charge in [-0.1, -0.05) is 0 Å². The second-order valence-corrected chi connectivity index (χ2v) is 5.29. The molecular formula is C11H20F2N2O2. The second kappa shape index (κ2) is 5.16. The summed E-state index contributed by atoms with van der Waals surface area (Å²) < 4.78 is 31.8. The molecule has 1 saturated heterocycles. The third kappa shape index (κ3) is 4.85. The van der Waals surface area contributed by atoms with Crippen molar-refractivity contribution in [2.75, 3.05) is 19.6 Å². The fourth-order valence-corrected chi connectivity index (χ4v) is 1.63. The average Bonchev–Trinajstić information content (AvgIpc) is 2.12. The summed E-state index contributed by atoms with van der Waals surface area (Å²) in [5, 5.41) is 5.27. The lowest BCUT2D eigenvalue weighted by Gasteiger charge is -2.32. The number of rotatable bonds is 2. The number of nitrogens with one attached hydrogen (secondary N) is 2. The Morgan fingerprint density at radius 3 is 2.71 bits per heavy atom. The van der Waals surface area contributed by atoms with Crippen LogP contribution in [0.5, 0.6) is 0 Å². The predicted molar refractivity (Wildman–Crippen MR) is 60.2 cm³/mol. The van der Waals surface area contributed by atoms with Crippen LogP contribution in [-0.2, 0) is 4.74 Å². The Morgan fingerprint density at radius 2 is 2.18 bits per heavy atom. The van der Waals surface area contributed by atoms with Crippen LogP contribution >= 0.6 is 0 Å². The summed E-state index contributed by atoms with van der Waals surface area (Å²) >= 11 is 0. The fraction of sp³-hybridized carbons (Fsp3) is 0.909. The first-order chi connectivity index (χ1) is 7.71. The standard InChI is InChI=1S/C11H20F2N2O2/c1-10(2,3)17-9(16)15-7-8-6-14-5-4-11(8,12)13/h8,14H,4-7H2,1-3H3,(H,15,16)/t8-/m0/s1. The summed E-state index contributed by atoms with van der Waals surface area (Å²) in [6.07, 6.45) is -0.841. The maximum atomic E-state index is 13.4. The van der Waals surface area contributed by atoms with Gasteiger partial charge in [0, 0.05) is 26.1 Å². The van der Waals surface area contributed by atoms with Crippen molar-refractivity contribution < 1.29 is 18.3 Å². The monoisotopic (exact) mass is 250 g/mol. The van der Waals surface area contributed by atoms with Crippen LogP contribution in [0.15, 0.2) is 0 Å². The third-order valence-corrected chi connectivity index (χ3v) is 2.51. The van der Waals surface area contributed by atoms with E-state index >= 15 is 0 Å². The molecule has 0 bridgehead atoms. The number of alkyl carbamates (subject to hydrolysis) is 1. The molecule has 0 radical (unpaired) electrons. The van der Waals surface area contributed by atoms with E-state index in [4.69, 9.17) is 4.74 Å². The van der Waals surface area contributed by atoms with Gasteiger partial charge in [0.1, 0.15) is 5.60 Å². The van der Waals surface area contributed by atoms with Gasteiger partial charge in [0.2, 0.25) is 0 Å². The van der Waals surface area contributed by atoms with Gasteiger partial charge in [-0.05, 0) is 20.8 Å². The van der Waals surface area contributed by atoms with Gasteiger partial charge in [-0.3, -0.25) is 0 Å². The van der Waals surface area contributed by atoms with Gasteiger partial charge in [0.15, 0.2) is 0 Å². The number of ether oxygens (including phenoxy) is 1. The van der Waals surface area contributed by atoms with Crippen molar-refractivity contribution in [2.45, 2.75) is 38.7 Å². The minimum atomic E-state index is -2.72. The summed E-state index contributed by atoms with van der Waals surface area (Å²) in [7, 11) is 0. The summed E-state index contributed by atoms with van der Waals surface area (Å²) in [6, 6.07) is 0.